The lowest BCUT2D eigenvalue weighted by Gasteiger charge is -2.42. The standard InChI is InChI=1S/C12H23N3/c1-3-5-12(6-4-7-12)9-14-11-13-8-10(2)15-11/h10H,3-9H2,1-2H3,(H2,13,14,15). The predicted molar refractivity (Wildman–Crippen MR) is 64.1 cm³/mol. The molecule has 0 aromatic rings. The second kappa shape index (κ2) is 4.42. The van der Waals surface area contributed by atoms with E-state index < -0.39 is 0 Å². The molecule has 0 aromatic carbocycles. The monoisotopic (exact) mass is 209 g/mol. The Morgan fingerprint density at radius 3 is 2.80 bits per heavy atom. The van der Waals surface area contributed by atoms with Gasteiger partial charge >= 0.3 is 0 Å². The van der Waals surface area contributed by atoms with Crippen molar-refractivity contribution in [2.24, 2.45) is 10.4 Å². The van der Waals surface area contributed by atoms with Gasteiger partial charge in [0.2, 0.25) is 0 Å². The second-order valence-electron chi connectivity index (χ2n) is 5.19. The van der Waals surface area contributed by atoms with Crippen molar-refractivity contribution in [1.82, 2.24) is 10.6 Å². The first-order chi connectivity index (χ1) is 7.24. The van der Waals surface area contributed by atoms with Crippen LogP contribution in [0.4, 0.5) is 0 Å². The number of nitrogens with one attached hydrogen (secondary N) is 2. The van der Waals surface area contributed by atoms with E-state index in [0.29, 0.717) is 11.5 Å². The zero-order valence-corrected chi connectivity index (χ0v) is 9.97. The van der Waals surface area contributed by atoms with Gasteiger partial charge in [-0.3, -0.25) is 4.99 Å². The van der Waals surface area contributed by atoms with Crippen molar-refractivity contribution < 1.29 is 0 Å². The second-order valence-corrected chi connectivity index (χ2v) is 5.19. The van der Waals surface area contributed by atoms with Crippen molar-refractivity contribution in [2.45, 2.75) is 52.0 Å². The summed E-state index contributed by atoms with van der Waals surface area (Å²) in [6.45, 7) is 6.49. The van der Waals surface area contributed by atoms with E-state index in [9.17, 15) is 0 Å². The highest BCUT2D eigenvalue weighted by atomic mass is 15.2. The Morgan fingerprint density at radius 2 is 2.33 bits per heavy atom. The highest BCUT2D eigenvalue weighted by molar-refractivity contribution is 5.81. The van der Waals surface area contributed by atoms with Crippen LogP contribution >= 0.6 is 0 Å². The summed E-state index contributed by atoms with van der Waals surface area (Å²) < 4.78 is 0. The van der Waals surface area contributed by atoms with Crippen LogP contribution in [0.5, 0.6) is 0 Å². The average Bonchev–Trinajstić information content (AvgIpc) is 2.56. The summed E-state index contributed by atoms with van der Waals surface area (Å²) >= 11 is 0. The van der Waals surface area contributed by atoms with Gasteiger partial charge in [-0.25, -0.2) is 0 Å². The molecule has 1 unspecified atom stereocenters. The van der Waals surface area contributed by atoms with Gasteiger partial charge < -0.3 is 10.6 Å². The third-order valence-electron chi connectivity index (χ3n) is 3.73. The van der Waals surface area contributed by atoms with Gasteiger partial charge in [-0.05, 0) is 31.6 Å². The van der Waals surface area contributed by atoms with Crippen LogP contribution in [-0.2, 0) is 0 Å². The van der Waals surface area contributed by atoms with Gasteiger partial charge in [0.25, 0.3) is 0 Å². The summed E-state index contributed by atoms with van der Waals surface area (Å²) in [5, 5.41) is 6.83. The van der Waals surface area contributed by atoms with E-state index in [0.717, 1.165) is 19.0 Å². The molecule has 1 saturated carbocycles. The maximum Gasteiger partial charge on any atom is 0.191 e. The van der Waals surface area contributed by atoms with Gasteiger partial charge in [-0.1, -0.05) is 19.8 Å². The Morgan fingerprint density at radius 1 is 1.53 bits per heavy atom. The van der Waals surface area contributed by atoms with Crippen LogP contribution in [0, 0.1) is 5.41 Å². The molecule has 1 aliphatic heterocycles. The minimum absolute atomic E-state index is 0.510. The smallest absolute Gasteiger partial charge is 0.191 e. The van der Waals surface area contributed by atoms with Crippen LogP contribution in [-0.4, -0.2) is 25.1 Å². The molecule has 1 aliphatic carbocycles. The summed E-state index contributed by atoms with van der Waals surface area (Å²) in [5.41, 5.74) is 0.588. The summed E-state index contributed by atoms with van der Waals surface area (Å²) in [6.07, 6.45) is 6.88. The fraction of sp³-hybridized carbons (Fsp3) is 0.917. The van der Waals surface area contributed by atoms with Crippen LogP contribution in [0.3, 0.4) is 0 Å². The predicted octanol–water partition coefficient (Wildman–Crippen LogP) is 1.89. The van der Waals surface area contributed by atoms with Gasteiger partial charge in [0.05, 0.1) is 6.54 Å². The molecule has 0 amide bonds. The Bertz CT molecular complexity index is 243. The molecular formula is C12H23N3. The first-order valence-corrected chi connectivity index (χ1v) is 6.29. The Kier molecular flexibility index (Phi) is 3.17. The number of hydrogen-bond donors (Lipinski definition) is 2. The van der Waals surface area contributed by atoms with Crippen molar-refractivity contribution in [2.75, 3.05) is 13.1 Å². The molecule has 2 rings (SSSR count). The van der Waals surface area contributed by atoms with Crippen molar-refractivity contribution >= 4 is 5.96 Å². The summed E-state index contributed by atoms with van der Waals surface area (Å²) in [5.74, 6) is 1.02. The highest BCUT2D eigenvalue weighted by Crippen LogP contribution is 2.44. The molecule has 0 spiro atoms. The van der Waals surface area contributed by atoms with Crippen molar-refractivity contribution in [1.29, 1.82) is 0 Å². The number of nitrogens with zero attached hydrogens (tertiary/aromatic N) is 1. The quantitative estimate of drug-likeness (QED) is 0.742. The zero-order chi connectivity index (χ0) is 10.7. The lowest BCUT2D eigenvalue weighted by atomic mass is 9.66. The zero-order valence-electron chi connectivity index (χ0n) is 9.97. The number of rotatable bonds is 4. The molecule has 2 aliphatic rings. The molecule has 86 valence electrons. The largest absolute Gasteiger partial charge is 0.356 e. The van der Waals surface area contributed by atoms with Crippen molar-refractivity contribution in [3.8, 4) is 0 Å². The molecular weight excluding hydrogens is 186 g/mol. The summed E-state index contributed by atoms with van der Waals surface area (Å²) in [4.78, 5) is 4.43. The van der Waals surface area contributed by atoms with Gasteiger partial charge in [-0.2, -0.15) is 0 Å². The van der Waals surface area contributed by atoms with E-state index in [1.165, 1.54) is 32.1 Å². The fourth-order valence-electron chi connectivity index (χ4n) is 2.65. The van der Waals surface area contributed by atoms with E-state index >= 15 is 0 Å². The Labute approximate surface area is 92.7 Å². The van der Waals surface area contributed by atoms with Gasteiger partial charge in [0.15, 0.2) is 5.96 Å². The number of hydrogen-bond acceptors (Lipinski definition) is 3. The molecule has 1 heterocycles. The minimum atomic E-state index is 0.510. The number of aliphatic imine (C=N–C) groups is 1. The highest BCUT2D eigenvalue weighted by Gasteiger charge is 2.36. The third kappa shape index (κ3) is 2.44. The van der Waals surface area contributed by atoms with E-state index in [1.807, 2.05) is 0 Å². The van der Waals surface area contributed by atoms with E-state index in [2.05, 4.69) is 29.5 Å². The maximum absolute atomic E-state index is 4.43. The molecule has 1 atom stereocenters. The molecule has 2 N–H and O–H groups in total. The molecule has 1 fully saturated rings. The van der Waals surface area contributed by atoms with Crippen LogP contribution in [0.25, 0.3) is 0 Å². The average molecular weight is 209 g/mol. The van der Waals surface area contributed by atoms with E-state index in [1.54, 1.807) is 0 Å². The Hall–Kier alpha value is -0.730. The molecule has 3 heteroatoms. The SMILES string of the molecule is CCCC1(CNC2=NCC(C)N2)CCC1. The van der Waals surface area contributed by atoms with Crippen LogP contribution in [0.1, 0.15) is 46.0 Å². The summed E-state index contributed by atoms with van der Waals surface area (Å²) in [7, 11) is 0. The van der Waals surface area contributed by atoms with Crippen LogP contribution in [0.15, 0.2) is 4.99 Å². The first-order valence-electron chi connectivity index (χ1n) is 6.29. The van der Waals surface area contributed by atoms with Crippen LogP contribution in [0.2, 0.25) is 0 Å². The van der Waals surface area contributed by atoms with Gasteiger partial charge in [0.1, 0.15) is 0 Å². The molecule has 15 heavy (non-hydrogen) atoms. The molecule has 0 radical (unpaired) electrons. The normalized spacial score (nSPS) is 27.9. The molecule has 3 nitrogen and oxygen atoms in total. The first kappa shape index (κ1) is 10.8. The van der Waals surface area contributed by atoms with Gasteiger partial charge in [-0.15, -0.1) is 0 Å². The molecule has 0 saturated heterocycles. The minimum Gasteiger partial charge on any atom is -0.356 e. The Balaban J connectivity index is 1.76. The molecule has 0 bridgehead atoms. The number of guanidine groups is 1. The topological polar surface area (TPSA) is 36.4 Å². The fourth-order valence-corrected chi connectivity index (χ4v) is 2.65. The van der Waals surface area contributed by atoms with Gasteiger partial charge in [0, 0.05) is 12.6 Å². The lowest BCUT2D eigenvalue weighted by molar-refractivity contribution is 0.122. The van der Waals surface area contributed by atoms with E-state index in [-0.39, 0.29) is 0 Å². The molecule has 0 aromatic heterocycles. The summed E-state index contributed by atoms with van der Waals surface area (Å²) in [6, 6.07) is 0.510. The lowest BCUT2D eigenvalue weighted by Crippen LogP contribution is -2.46. The van der Waals surface area contributed by atoms with E-state index in [4.69, 9.17) is 0 Å². The maximum atomic E-state index is 4.43. The van der Waals surface area contributed by atoms with Crippen molar-refractivity contribution in [3.05, 3.63) is 0 Å². The third-order valence-corrected chi connectivity index (χ3v) is 3.73. The van der Waals surface area contributed by atoms with Crippen LogP contribution < -0.4 is 10.6 Å². The van der Waals surface area contributed by atoms with Crippen molar-refractivity contribution in [3.63, 3.8) is 0 Å².